The van der Waals surface area contributed by atoms with E-state index in [2.05, 4.69) is 0 Å². The standard InChI is InChI=1S/C13H18O2/c1-4-12(14)7-5-11-6-8-13(15-3)9-10(11)2/h6,8-9H,4-5,7H2,1-3H3. The molecular weight excluding hydrogens is 188 g/mol. The minimum absolute atomic E-state index is 0.324. The van der Waals surface area contributed by atoms with Gasteiger partial charge < -0.3 is 4.74 Å². The van der Waals surface area contributed by atoms with Gasteiger partial charge in [-0.15, -0.1) is 0 Å². The van der Waals surface area contributed by atoms with Crippen LogP contribution < -0.4 is 4.74 Å². The molecular formula is C13H18O2. The Morgan fingerprint density at radius 3 is 2.67 bits per heavy atom. The molecule has 1 aromatic rings. The summed E-state index contributed by atoms with van der Waals surface area (Å²) in [5.41, 5.74) is 2.43. The fourth-order valence-corrected chi connectivity index (χ4v) is 1.53. The van der Waals surface area contributed by atoms with Gasteiger partial charge in [-0.05, 0) is 36.6 Å². The highest BCUT2D eigenvalue weighted by atomic mass is 16.5. The molecule has 2 heteroatoms. The maximum absolute atomic E-state index is 11.2. The van der Waals surface area contributed by atoms with Gasteiger partial charge in [-0.1, -0.05) is 13.0 Å². The van der Waals surface area contributed by atoms with Crippen molar-refractivity contribution in [2.24, 2.45) is 0 Å². The van der Waals surface area contributed by atoms with E-state index < -0.39 is 0 Å². The maximum Gasteiger partial charge on any atom is 0.132 e. The van der Waals surface area contributed by atoms with Gasteiger partial charge in [0.15, 0.2) is 0 Å². The summed E-state index contributed by atoms with van der Waals surface area (Å²) in [6.45, 7) is 3.96. The molecule has 0 N–H and O–H groups in total. The number of benzene rings is 1. The molecule has 0 unspecified atom stereocenters. The van der Waals surface area contributed by atoms with Crippen molar-refractivity contribution in [3.05, 3.63) is 29.3 Å². The van der Waals surface area contributed by atoms with E-state index in [0.717, 1.165) is 12.2 Å². The van der Waals surface area contributed by atoms with Crippen molar-refractivity contribution in [2.75, 3.05) is 7.11 Å². The molecule has 2 nitrogen and oxygen atoms in total. The van der Waals surface area contributed by atoms with Crippen LogP contribution in [0.1, 0.15) is 30.9 Å². The van der Waals surface area contributed by atoms with Crippen molar-refractivity contribution in [1.29, 1.82) is 0 Å². The normalized spacial score (nSPS) is 10.1. The number of Topliss-reactive ketones (excluding diaryl/α,β-unsaturated/α-hetero) is 1. The third-order valence-electron chi connectivity index (χ3n) is 2.62. The number of ketones is 1. The first-order chi connectivity index (χ1) is 7.17. The Morgan fingerprint density at radius 2 is 2.13 bits per heavy atom. The minimum atomic E-state index is 0.324. The molecule has 0 aromatic heterocycles. The summed E-state index contributed by atoms with van der Waals surface area (Å²) >= 11 is 0. The van der Waals surface area contributed by atoms with Crippen molar-refractivity contribution >= 4 is 5.78 Å². The highest BCUT2D eigenvalue weighted by Crippen LogP contribution is 2.18. The molecule has 0 aliphatic carbocycles. The number of rotatable bonds is 5. The summed E-state index contributed by atoms with van der Waals surface area (Å²) < 4.78 is 5.13. The van der Waals surface area contributed by atoms with Gasteiger partial charge in [-0.3, -0.25) is 4.79 Å². The number of aryl methyl sites for hydroxylation is 2. The van der Waals surface area contributed by atoms with Gasteiger partial charge in [0.05, 0.1) is 7.11 Å². The molecule has 0 saturated carbocycles. The van der Waals surface area contributed by atoms with Crippen LogP contribution >= 0.6 is 0 Å². The molecule has 0 amide bonds. The Balaban J connectivity index is 2.66. The molecule has 0 aliphatic heterocycles. The topological polar surface area (TPSA) is 26.3 Å². The largest absolute Gasteiger partial charge is 0.497 e. The molecule has 1 aromatic carbocycles. The number of ether oxygens (including phenoxy) is 1. The fourth-order valence-electron chi connectivity index (χ4n) is 1.53. The SMILES string of the molecule is CCC(=O)CCc1ccc(OC)cc1C. The van der Waals surface area contributed by atoms with Crippen molar-refractivity contribution in [2.45, 2.75) is 33.1 Å². The molecule has 15 heavy (non-hydrogen) atoms. The fraction of sp³-hybridized carbons (Fsp3) is 0.462. The number of carbonyl (C=O) groups excluding carboxylic acids is 1. The van der Waals surface area contributed by atoms with Crippen LogP contribution in [0.2, 0.25) is 0 Å². The minimum Gasteiger partial charge on any atom is -0.497 e. The number of carbonyl (C=O) groups is 1. The Bertz CT molecular complexity index is 342. The van der Waals surface area contributed by atoms with Crippen molar-refractivity contribution in [3.8, 4) is 5.75 Å². The molecule has 0 bridgehead atoms. The predicted molar refractivity (Wildman–Crippen MR) is 61.4 cm³/mol. The molecule has 0 spiro atoms. The number of methoxy groups -OCH3 is 1. The van der Waals surface area contributed by atoms with E-state index >= 15 is 0 Å². The summed E-state index contributed by atoms with van der Waals surface area (Å²) in [6.07, 6.45) is 2.11. The molecule has 0 radical (unpaired) electrons. The molecule has 0 heterocycles. The van der Waals surface area contributed by atoms with Crippen LogP contribution in [0.15, 0.2) is 18.2 Å². The van der Waals surface area contributed by atoms with Gasteiger partial charge in [-0.2, -0.15) is 0 Å². The smallest absolute Gasteiger partial charge is 0.132 e. The molecule has 0 aliphatic rings. The monoisotopic (exact) mass is 206 g/mol. The van der Waals surface area contributed by atoms with E-state index in [9.17, 15) is 4.79 Å². The summed E-state index contributed by atoms with van der Waals surface area (Å²) in [6, 6.07) is 5.99. The average molecular weight is 206 g/mol. The highest BCUT2D eigenvalue weighted by molar-refractivity contribution is 5.78. The maximum atomic E-state index is 11.2. The number of hydrogen-bond acceptors (Lipinski definition) is 2. The van der Waals surface area contributed by atoms with Crippen LogP contribution in [-0.2, 0) is 11.2 Å². The van der Waals surface area contributed by atoms with Gasteiger partial charge in [0.1, 0.15) is 11.5 Å². The first kappa shape index (κ1) is 11.8. The van der Waals surface area contributed by atoms with Crippen LogP contribution in [0.3, 0.4) is 0 Å². The summed E-state index contributed by atoms with van der Waals surface area (Å²) in [5, 5.41) is 0. The quantitative estimate of drug-likeness (QED) is 0.740. The first-order valence-corrected chi connectivity index (χ1v) is 5.32. The van der Waals surface area contributed by atoms with Crippen LogP contribution in [0.5, 0.6) is 5.75 Å². The van der Waals surface area contributed by atoms with E-state index in [-0.39, 0.29) is 0 Å². The second kappa shape index (κ2) is 5.54. The Kier molecular flexibility index (Phi) is 4.35. The van der Waals surface area contributed by atoms with Crippen LogP contribution in [0, 0.1) is 6.92 Å². The first-order valence-electron chi connectivity index (χ1n) is 5.32. The van der Waals surface area contributed by atoms with Crippen molar-refractivity contribution < 1.29 is 9.53 Å². The molecule has 0 fully saturated rings. The van der Waals surface area contributed by atoms with Crippen LogP contribution in [-0.4, -0.2) is 12.9 Å². The van der Waals surface area contributed by atoms with Gasteiger partial charge in [0, 0.05) is 12.8 Å². The van der Waals surface area contributed by atoms with E-state index in [1.165, 1.54) is 11.1 Å². The van der Waals surface area contributed by atoms with E-state index in [1.54, 1.807) is 7.11 Å². The third kappa shape index (κ3) is 3.39. The zero-order chi connectivity index (χ0) is 11.3. The van der Waals surface area contributed by atoms with E-state index in [1.807, 2.05) is 32.0 Å². The lowest BCUT2D eigenvalue weighted by atomic mass is 10.0. The zero-order valence-corrected chi connectivity index (χ0v) is 9.67. The third-order valence-corrected chi connectivity index (χ3v) is 2.62. The summed E-state index contributed by atoms with van der Waals surface area (Å²) in [7, 11) is 1.66. The Labute approximate surface area is 91.3 Å². The Hall–Kier alpha value is -1.31. The van der Waals surface area contributed by atoms with Gasteiger partial charge in [-0.25, -0.2) is 0 Å². The second-order valence-corrected chi connectivity index (χ2v) is 3.68. The predicted octanol–water partition coefficient (Wildman–Crippen LogP) is 2.92. The van der Waals surface area contributed by atoms with Gasteiger partial charge in [0.2, 0.25) is 0 Å². The summed E-state index contributed by atoms with van der Waals surface area (Å²) in [4.78, 5) is 11.2. The molecule has 82 valence electrons. The number of hydrogen-bond donors (Lipinski definition) is 0. The molecule has 0 saturated heterocycles. The van der Waals surface area contributed by atoms with E-state index in [0.29, 0.717) is 18.6 Å². The lowest BCUT2D eigenvalue weighted by Gasteiger charge is -2.07. The van der Waals surface area contributed by atoms with Crippen LogP contribution in [0.25, 0.3) is 0 Å². The summed E-state index contributed by atoms with van der Waals surface area (Å²) in [5.74, 6) is 1.20. The molecule has 1 rings (SSSR count). The average Bonchev–Trinajstić information content (AvgIpc) is 2.26. The lowest BCUT2D eigenvalue weighted by molar-refractivity contribution is -0.118. The van der Waals surface area contributed by atoms with Crippen LogP contribution in [0.4, 0.5) is 0 Å². The van der Waals surface area contributed by atoms with Gasteiger partial charge in [0.25, 0.3) is 0 Å². The highest BCUT2D eigenvalue weighted by Gasteiger charge is 2.03. The van der Waals surface area contributed by atoms with Crippen molar-refractivity contribution in [3.63, 3.8) is 0 Å². The lowest BCUT2D eigenvalue weighted by Crippen LogP contribution is -1.99. The van der Waals surface area contributed by atoms with E-state index in [4.69, 9.17) is 4.74 Å². The van der Waals surface area contributed by atoms with Gasteiger partial charge >= 0.3 is 0 Å². The zero-order valence-electron chi connectivity index (χ0n) is 9.67. The second-order valence-electron chi connectivity index (χ2n) is 3.68. The Morgan fingerprint density at radius 1 is 1.40 bits per heavy atom. The van der Waals surface area contributed by atoms with Crippen molar-refractivity contribution in [1.82, 2.24) is 0 Å². The molecule has 0 atom stereocenters.